The first-order valence-electron chi connectivity index (χ1n) is 9.92. The monoisotopic (exact) mass is 426 g/mol. The van der Waals surface area contributed by atoms with E-state index in [1.54, 1.807) is 11.3 Å². The zero-order valence-corrected chi connectivity index (χ0v) is 18.1. The van der Waals surface area contributed by atoms with Gasteiger partial charge in [0.1, 0.15) is 23.0 Å². The zero-order chi connectivity index (χ0) is 21.7. The molecule has 0 aliphatic rings. The van der Waals surface area contributed by atoms with Crippen LogP contribution in [0.25, 0.3) is 21.3 Å². The smallest absolute Gasteiger partial charge is 0.326 e. The predicted octanol–water partition coefficient (Wildman–Crippen LogP) is 4.08. The van der Waals surface area contributed by atoms with Crippen molar-refractivity contribution in [1.82, 2.24) is 15.3 Å². The van der Waals surface area contributed by atoms with E-state index in [0.717, 1.165) is 26.2 Å². The topological polar surface area (TPSA) is 104 Å². The van der Waals surface area contributed by atoms with Crippen LogP contribution in [-0.2, 0) is 9.59 Å². The molecule has 7 nitrogen and oxygen atoms in total. The van der Waals surface area contributed by atoms with Crippen molar-refractivity contribution in [3.05, 3.63) is 41.5 Å². The Bertz CT molecular complexity index is 1030. The molecular formula is C22H26N4O3S. The summed E-state index contributed by atoms with van der Waals surface area (Å²) in [5, 5.41) is 16.1. The number of carboxylic acid groups (broad SMARTS) is 1. The Morgan fingerprint density at radius 2 is 1.90 bits per heavy atom. The number of carbonyl (C=O) groups is 2. The molecule has 1 unspecified atom stereocenters. The molecule has 3 aromatic rings. The van der Waals surface area contributed by atoms with Gasteiger partial charge in [0.05, 0.1) is 5.39 Å². The number of aliphatic carboxylic acids is 1. The molecular weight excluding hydrogens is 400 g/mol. The maximum absolute atomic E-state index is 12.2. The Labute approximate surface area is 179 Å². The molecule has 1 atom stereocenters. The second kappa shape index (κ2) is 9.67. The highest BCUT2D eigenvalue weighted by molar-refractivity contribution is 7.19. The minimum atomic E-state index is -1.01. The Morgan fingerprint density at radius 1 is 1.17 bits per heavy atom. The van der Waals surface area contributed by atoms with Crippen LogP contribution in [-0.4, -0.2) is 39.5 Å². The highest BCUT2D eigenvalue weighted by atomic mass is 32.1. The van der Waals surface area contributed by atoms with Crippen LogP contribution in [0.5, 0.6) is 0 Å². The summed E-state index contributed by atoms with van der Waals surface area (Å²) in [5.41, 5.74) is 2.18. The first kappa shape index (κ1) is 21.7. The molecule has 0 saturated carbocycles. The lowest BCUT2D eigenvalue weighted by atomic mass is 10.0. The number of thiophene rings is 1. The number of nitrogens with one attached hydrogen (secondary N) is 2. The van der Waals surface area contributed by atoms with Crippen LogP contribution in [0.3, 0.4) is 0 Å². The summed E-state index contributed by atoms with van der Waals surface area (Å²) in [4.78, 5) is 34.4. The molecule has 0 radical (unpaired) electrons. The van der Waals surface area contributed by atoms with E-state index in [9.17, 15) is 14.7 Å². The van der Waals surface area contributed by atoms with Crippen LogP contribution in [0.15, 0.2) is 36.7 Å². The third kappa shape index (κ3) is 5.13. The second-order valence-electron chi connectivity index (χ2n) is 7.57. The molecule has 0 saturated heterocycles. The van der Waals surface area contributed by atoms with E-state index in [0.29, 0.717) is 18.8 Å². The van der Waals surface area contributed by atoms with Crippen molar-refractivity contribution in [2.24, 2.45) is 5.92 Å². The van der Waals surface area contributed by atoms with Gasteiger partial charge in [0.2, 0.25) is 5.91 Å². The molecule has 3 rings (SSSR count). The van der Waals surface area contributed by atoms with Crippen LogP contribution < -0.4 is 10.6 Å². The molecule has 0 bridgehead atoms. The van der Waals surface area contributed by atoms with Gasteiger partial charge >= 0.3 is 5.97 Å². The lowest BCUT2D eigenvalue weighted by Crippen LogP contribution is -2.42. The Morgan fingerprint density at radius 3 is 2.57 bits per heavy atom. The highest BCUT2D eigenvalue weighted by Crippen LogP contribution is 2.40. The SMILES string of the molecule is Cc1sc2ncnc(NCCC(=O)NC(CC(C)C)C(=O)O)c2c1-c1ccccc1. The minimum Gasteiger partial charge on any atom is -0.480 e. The van der Waals surface area contributed by atoms with Gasteiger partial charge in [0.25, 0.3) is 0 Å². The number of benzene rings is 1. The molecule has 1 amide bonds. The van der Waals surface area contributed by atoms with Gasteiger partial charge in [-0.2, -0.15) is 0 Å². The summed E-state index contributed by atoms with van der Waals surface area (Å²) in [6.07, 6.45) is 2.06. The van der Waals surface area contributed by atoms with Gasteiger partial charge < -0.3 is 15.7 Å². The number of aromatic nitrogens is 2. The molecule has 8 heteroatoms. The van der Waals surface area contributed by atoms with Gasteiger partial charge in [0.15, 0.2) is 0 Å². The van der Waals surface area contributed by atoms with Crippen molar-refractivity contribution in [3.63, 3.8) is 0 Å². The molecule has 0 spiro atoms. The fourth-order valence-corrected chi connectivity index (χ4v) is 4.40. The summed E-state index contributed by atoms with van der Waals surface area (Å²) in [6.45, 7) is 6.26. The summed E-state index contributed by atoms with van der Waals surface area (Å²) in [5.74, 6) is -0.459. The van der Waals surface area contributed by atoms with E-state index in [4.69, 9.17) is 0 Å². The number of aryl methyl sites for hydroxylation is 1. The van der Waals surface area contributed by atoms with E-state index in [-0.39, 0.29) is 18.2 Å². The quantitative estimate of drug-likeness (QED) is 0.476. The predicted molar refractivity (Wildman–Crippen MR) is 120 cm³/mol. The van der Waals surface area contributed by atoms with Gasteiger partial charge in [-0.05, 0) is 24.8 Å². The summed E-state index contributed by atoms with van der Waals surface area (Å²) in [7, 11) is 0. The third-order valence-electron chi connectivity index (χ3n) is 4.71. The fourth-order valence-electron chi connectivity index (χ4n) is 3.38. The molecule has 0 aliphatic heterocycles. The van der Waals surface area contributed by atoms with Crippen molar-refractivity contribution in [1.29, 1.82) is 0 Å². The summed E-state index contributed by atoms with van der Waals surface area (Å²) >= 11 is 1.61. The molecule has 3 N–H and O–H groups in total. The van der Waals surface area contributed by atoms with Crippen molar-refractivity contribution in [3.8, 4) is 11.1 Å². The summed E-state index contributed by atoms with van der Waals surface area (Å²) in [6, 6.07) is 9.21. The number of rotatable bonds is 9. The standard InChI is InChI=1S/C22H26N4O3S/c1-13(2)11-16(22(28)29)26-17(27)9-10-23-20-19-18(15-7-5-4-6-8-15)14(3)30-21(19)25-12-24-20/h4-8,12-13,16H,9-11H2,1-3H3,(H,26,27)(H,28,29)(H,23,24,25). The number of nitrogens with zero attached hydrogens (tertiary/aromatic N) is 2. The molecule has 0 fully saturated rings. The van der Waals surface area contributed by atoms with Crippen molar-refractivity contribution < 1.29 is 14.7 Å². The van der Waals surface area contributed by atoms with Crippen LogP contribution >= 0.6 is 11.3 Å². The van der Waals surface area contributed by atoms with Crippen molar-refractivity contribution in [2.45, 2.75) is 39.7 Å². The Balaban J connectivity index is 1.72. The van der Waals surface area contributed by atoms with Gasteiger partial charge in [-0.1, -0.05) is 44.2 Å². The van der Waals surface area contributed by atoms with Crippen molar-refractivity contribution in [2.75, 3.05) is 11.9 Å². The number of carboxylic acids is 1. The van der Waals surface area contributed by atoms with Crippen LogP contribution in [0, 0.1) is 12.8 Å². The molecule has 0 aliphatic carbocycles. The minimum absolute atomic E-state index is 0.150. The van der Waals surface area contributed by atoms with Gasteiger partial charge in [-0.25, -0.2) is 14.8 Å². The molecule has 2 heterocycles. The van der Waals surface area contributed by atoms with E-state index in [1.165, 1.54) is 6.33 Å². The second-order valence-corrected chi connectivity index (χ2v) is 8.77. The normalized spacial score (nSPS) is 12.1. The van der Waals surface area contributed by atoms with E-state index >= 15 is 0 Å². The number of carbonyl (C=O) groups excluding carboxylic acids is 1. The number of anilines is 1. The maximum atomic E-state index is 12.2. The van der Waals surface area contributed by atoms with Crippen LogP contribution in [0.2, 0.25) is 0 Å². The first-order valence-corrected chi connectivity index (χ1v) is 10.7. The van der Waals surface area contributed by atoms with E-state index in [1.807, 2.05) is 32.0 Å². The van der Waals surface area contributed by atoms with E-state index in [2.05, 4.69) is 39.7 Å². The van der Waals surface area contributed by atoms with Gasteiger partial charge in [-0.15, -0.1) is 11.3 Å². The largest absolute Gasteiger partial charge is 0.480 e. The van der Waals surface area contributed by atoms with Crippen molar-refractivity contribution >= 4 is 39.2 Å². The first-order chi connectivity index (χ1) is 14.4. The van der Waals surface area contributed by atoms with Gasteiger partial charge in [-0.3, -0.25) is 4.79 Å². The fraction of sp³-hybridized carbons (Fsp3) is 0.364. The van der Waals surface area contributed by atoms with Gasteiger partial charge in [0, 0.05) is 23.4 Å². The van der Waals surface area contributed by atoms with Crippen LogP contribution in [0.4, 0.5) is 5.82 Å². The molecule has 1 aromatic carbocycles. The molecule has 158 valence electrons. The lowest BCUT2D eigenvalue weighted by molar-refractivity contribution is -0.142. The number of hydrogen-bond acceptors (Lipinski definition) is 6. The Kier molecular flexibility index (Phi) is 6.99. The zero-order valence-electron chi connectivity index (χ0n) is 17.3. The molecule has 2 aromatic heterocycles. The average Bonchev–Trinajstić information content (AvgIpc) is 3.04. The Hall–Kier alpha value is -3.00. The van der Waals surface area contributed by atoms with E-state index < -0.39 is 12.0 Å². The maximum Gasteiger partial charge on any atom is 0.326 e. The highest BCUT2D eigenvalue weighted by Gasteiger charge is 2.21. The number of amides is 1. The number of fused-ring (bicyclic) bond motifs is 1. The average molecular weight is 427 g/mol. The summed E-state index contributed by atoms with van der Waals surface area (Å²) < 4.78 is 0. The van der Waals surface area contributed by atoms with Crippen LogP contribution in [0.1, 0.15) is 31.6 Å². The third-order valence-corrected chi connectivity index (χ3v) is 5.72. The number of hydrogen-bond donors (Lipinski definition) is 3. The lowest BCUT2D eigenvalue weighted by Gasteiger charge is -2.16. The molecule has 30 heavy (non-hydrogen) atoms.